The largest absolute Gasteiger partial charge is 0.381 e. The number of carbonyl (C=O) groups is 1. The van der Waals surface area contributed by atoms with Crippen LogP contribution in [0, 0.1) is 5.92 Å². The second-order valence-corrected chi connectivity index (χ2v) is 5.07. The maximum atomic E-state index is 12.2. The molecule has 1 unspecified atom stereocenters. The summed E-state index contributed by atoms with van der Waals surface area (Å²) in [6.45, 7) is 5.29. The van der Waals surface area contributed by atoms with Gasteiger partial charge in [0, 0.05) is 25.0 Å². The molecule has 1 heterocycles. The maximum absolute atomic E-state index is 12.2. The van der Waals surface area contributed by atoms with Gasteiger partial charge in [-0.2, -0.15) is 0 Å². The number of hydrogen-bond acceptors (Lipinski definition) is 2. The Morgan fingerprint density at radius 3 is 2.88 bits per heavy atom. The van der Waals surface area contributed by atoms with Gasteiger partial charge in [0.25, 0.3) is 0 Å². The molecular weight excluding hydrogens is 270 g/mol. The van der Waals surface area contributed by atoms with E-state index in [1.54, 1.807) is 0 Å². The van der Waals surface area contributed by atoms with Crippen LogP contribution in [0.5, 0.6) is 0 Å². The molecule has 0 aliphatic carbocycles. The number of carbonyl (C=O) groups excluding carboxylic acids is 1. The monoisotopic (exact) mass is 291 g/mol. The Kier molecular flexibility index (Phi) is 7.05. The molecule has 16 heavy (non-hydrogen) atoms. The number of hydrogen-bond donors (Lipinski definition) is 0. The van der Waals surface area contributed by atoms with E-state index in [4.69, 9.17) is 4.74 Å². The molecule has 0 aromatic rings. The maximum Gasteiger partial charge on any atom is 0.228 e. The zero-order valence-corrected chi connectivity index (χ0v) is 11.7. The normalized spacial score (nSPS) is 20.8. The summed E-state index contributed by atoms with van der Waals surface area (Å²) in [5.74, 6) is 0.386. The van der Waals surface area contributed by atoms with Crippen LogP contribution in [0.4, 0.5) is 0 Å². The van der Waals surface area contributed by atoms with E-state index in [-0.39, 0.29) is 11.8 Å². The van der Waals surface area contributed by atoms with Gasteiger partial charge in [-0.3, -0.25) is 4.79 Å². The molecular formula is C12H22BrNO2. The topological polar surface area (TPSA) is 29.5 Å². The van der Waals surface area contributed by atoms with E-state index >= 15 is 0 Å². The predicted molar refractivity (Wildman–Crippen MR) is 68.8 cm³/mol. The lowest BCUT2D eigenvalue weighted by atomic mass is 10.0. The van der Waals surface area contributed by atoms with Gasteiger partial charge in [0.2, 0.25) is 5.91 Å². The smallest absolute Gasteiger partial charge is 0.228 e. The van der Waals surface area contributed by atoms with Crippen LogP contribution in [0.25, 0.3) is 0 Å². The van der Waals surface area contributed by atoms with Crippen LogP contribution >= 0.6 is 15.9 Å². The van der Waals surface area contributed by atoms with Crippen molar-refractivity contribution in [3.63, 3.8) is 0 Å². The molecule has 1 amide bonds. The van der Waals surface area contributed by atoms with Crippen molar-refractivity contribution >= 4 is 21.8 Å². The van der Waals surface area contributed by atoms with Crippen molar-refractivity contribution < 1.29 is 9.53 Å². The lowest BCUT2D eigenvalue weighted by Crippen LogP contribution is -2.41. The van der Waals surface area contributed by atoms with Crippen LogP contribution in [-0.4, -0.2) is 42.4 Å². The van der Waals surface area contributed by atoms with Crippen LogP contribution in [-0.2, 0) is 9.53 Å². The molecule has 0 bridgehead atoms. The van der Waals surface area contributed by atoms with Crippen molar-refractivity contribution in [2.75, 3.05) is 31.6 Å². The standard InChI is InChI=1S/C12H22BrNO2/c1-2-3-7-14(8-6-13)12(15)11-5-4-9-16-10-11/h11H,2-10H2,1H3. The van der Waals surface area contributed by atoms with E-state index < -0.39 is 0 Å². The Morgan fingerprint density at radius 2 is 2.31 bits per heavy atom. The van der Waals surface area contributed by atoms with Crippen LogP contribution < -0.4 is 0 Å². The fraction of sp³-hybridized carbons (Fsp3) is 0.917. The third-order valence-electron chi connectivity index (χ3n) is 2.96. The van der Waals surface area contributed by atoms with E-state index in [1.807, 2.05) is 4.90 Å². The first-order valence-corrected chi connectivity index (χ1v) is 7.34. The molecule has 94 valence electrons. The minimum Gasteiger partial charge on any atom is -0.381 e. The van der Waals surface area contributed by atoms with Gasteiger partial charge >= 0.3 is 0 Å². The molecule has 0 aromatic heterocycles. The number of unbranched alkanes of at least 4 members (excludes halogenated alkanes) is 1. The molecule has 0 spiro atoms. The van der Waals surface area contributed by atoms with E-state index in [1.165, 1.54) is 0 Å². The zero-order chi connectivity index (χ0) is 11.8. The molecule has 1 aliphatic rings. The Labute approximate surface area is 107 Å². The second-order valence-electron chi connectivity index (χ2n) is 4.28. The summed E-state index contributed by atoms with van der Waals surface area (Å²) >= 11 is 3.41. The van der Waals surface area contributed by atoms with E-state index in [9.17, 15) is 4.79 Å². The highest BCUT2D eigenvalue weighted by molar-refractivity contribution is 9.09. The summed E-state index contributed by atoms with van der Waals surface area (Å²) < 4.78 is 5.38. The zero-order valence-electron chi connectivity index (χ0n) is 10.1. The van der Waals surface area contributed by atoms with Crippen molar-refractivity contribution in [1.29, 1.82) is 0 Å². The molecule has 1 fully saturated rings. The summed E-state index contributed by atoms with van der Waals surface area (Å²) in [7, 11) is 0. The fourth-order valence-corrected chi connectivity index (χ4v) is 2.40. The van der Waals surface area contributed by atoms with Gasteiger partial charge in [-0.05, 0) is 19.3 Å². The summed E-state index contributed by atoms with van der Waals surface area (Å²) in [6, 6.07) is 0. The molecule has 1 saturated heterocycles. The lowest BCUT2D eigenvalue weighted by Gasteiger charge is -2.29. The van der Waals surface area contributed by atoms with E-state index in [0.717, 1.165) is 50.7 Å². The van der Waals surface area contributed by atoms with Crippen molar-refractivity contribution in [3.05, 3.63) is 0 Å². The summed E-state index contributed by atoms with van der Waals surface area (Å²) in [5, 5.41) is 0.857. The lowest BCUT2D eigenvalue weighted by molar-refractivity contribution is -0.139. The van der Waals surface area contributed by atoms with Gasteiger partial charge in [0.15, 0.2) is 0 Å². The number of alkyl halides is 1. The fourth-order valence-electron chi connectivity index (χ4n) is 1.98. The summed E-state index contributed by atoms with van der Waals surface area (Å²) in [4.78, 5) is 14.2. The minimum absolute atomic E-state index is 0.102. The summed E-state index contributed by atoms with van der Waals surface area (Å²) in [5.41, 5.74) is 0. The third kappa shape index (κ3) is 4.42. The highest BCUT2D eigenvalue weighted by Crippen LogP contribution is 2.17. The van der Waals surface area contributed by atoms with Crippen molar-refractivity contribution in [2.24, 2.45) is 5.92 Å². The molecule has 1 atom stereocenters. The van der Waals surface area contributed by atoms with Crippen molar-refractivity contribution in [3.8, 4) is 0 Å². The Balaban J connectivity index is 2.44. The molecule has 0 radical (unpaired) electrons. The number of amides is 1. The molecule has 4 heteroatoms. The molecule has 1 rings (SSSR count). The van der Waals surface area contributed by atoms with Gasteiger partial charge in [-0.1, -0.05) is 29.3 Å². The van der Waals surface area contributed by atoms with Gasteiger partial charge in [-0.25, -0.2) is 0 Å². The van der Waals surface area contributed by atoms with E-state index in [2.05, 4.69) is 22.9 Å². The van der Waals surface area contributed by atoms with Gasteiger partial charge in [-0.15, -0.1) is 0 Å². The molecule has 0 aromatic carbocycles. The average molecular weight is 292 g/mol. The van der Waals surface area contributed by atoms with Gasteiger partial charge < -0.3 is 9.64 Å². The van der Waals surface area contributed by atoms with Crippen LogP contribution in [0.3, 0.4) is 0 Å². The highest BCUT2D eigenvalue weighted by Gasteiger charge is 2.25. The quantitative estimate of drug-likeness (QED) is 0.704. The molecule has 0 saturated carbocycles. The van der Waals surface area contributed by atoms with Gasteiger partial charge in [0.1, 0.15) is 0 Å². The number of halogens is 1. The Morgan fingerprint density at radius 1 is 1.50 bits per heavy atom. The first kappa shape index (κ1) is 14.0. The summed E-state index contributed by atoms with van der Waals surface area (Å²) in [6.07, 6.45) is 4.23. The van der Waals surface area contributed by atoms with Gasteiger partial charge in [0.05, 0.1) is 12.5 Å². The van der Waals surface area contributed by atoms with Crippen LogP contribution in [0.15, 0.2) is 0 Å². The number of ether oxygens (including phenoxy) is 1. The number of rotatable bonds is 6. The third-order valence-corrected chi connectivity index (χ3v) is 3.31. The molecule has 0 N–H and O–H groups in total. The van der Waals surface area contributed by atoms with Crippen molar-refractivity contribution in [1.82, 2.24) is 4.90 Å². The first-order valence-electron chi connectivity index (χ1n) is 6.22. The van der Waals surface area contributed by atoms with Crippen LogP contribution in [0.1, 0.15) is 32.6 Å². The molecule has 1 aliphatic heterocycles. The SMILES string of the molecule is CCCCN(CCBr)C(=O)C1CCCOC1. The van der Waals surface area contributed by atoms with Crippen LogP contribution in [0.2, 0.25) is 0 Å². The van der Waals surface area contributed by atoms with Crippen molar-refractivity contribution in [2.45, 2.75) is 32.6 Å². The second kappa shape index (κ2) is 8.07. The first-order chi connectivity index (χ1) is 7.79. The predicted octanol–water partition coefficient (Wildman–Crippen LogP) is 2.44. The average Bonchev–Trinajstić information content (AvgIpc) is 2.35. The number of nitrogens with zero attached hydrogens (tertiary/aromatic N) is 1. The van der Waals surface area contributed by atoms with E-state index in [0.29, 0.717) is 6.61 Å². The highest BCUT2D eigenvalue weighted by atomic mass is 79.9. The Hall–Kier alpha value is -0.0900. The molecule has 3 nitrogen and oxygen atoms in total. The Bertz CT molecular complexity index is 205. The minimum atomic E-state index is 0.102.